The number of ether oxygens (including phenoxy) is 1. The first-order chi connectivity index (χ1) is 19.0. The fraction of sp³-hybridized carbons (Fsp3) is 0.593. The summed E-state index contributed by atoms with van der Waals surface area (Å²) in [6.45, 7) is 5.65. The minimum Gasteiger partial charge on any atom is -0.390 e. The number of amides is 1. The van der Waals surface area contributed by atoms with Crippen LogP contribution in [0.5, 0.6) is 0 Å². The lowest BCUT2D eigenvalue weighted by Gasteiger charge is -2.17. The highest BCUT2D eigenvalue weighted by Crippen LogP contribution is 2.43. The molecule has 1 aromatic carbocycles. The Bertz CT molecular complexity index is 1260. The number of fused-ring (bicyclic) bond motifs is 1. The molecule has 2 aromatic heterocycles. The van der Waals surface area contributed by atoms with E-state index in [4.69, 9.17) is 14.7 Å². The lowest BCUT2D eigenvalue weighted by atomic mass is 10.0. The first kappa shape index (κ1) is 27.8. The number of benzene rings is 1. The molecule has 2 fully saturated rings. The second-order valence-corrected chi connectivity index (χ2v) is 11.2. The third-order valence-corrected chi connectivity index (χ3v) is 8.40. The molecule has 0 aliphatic heterocycles. The molecule has 6 unspecified atom stereocenters. The molecule has 0 saturated heterocycles. The zero-order valence-corrected chi connectivity index (χ0v) is 23.2. The molecular formula is C27H37N7O4S. The molecule has 12 heteroatoms. The van der Waals surface area contributed by atoms with Crippen LogP contribution in [-0.2, 0) is 9.53 Å². The molecule has 39 heavy (non-hydrogen) atoms. The van der Waals surface area contributed by atoms with Crippen LogP contribution in [0.1, 0.15) is 57.1 Å². The highest BCUT2D eigenvalue weighted by molar-refractivity contribution is 7.99. The first-order valence-corrected chi connectivity index (χ1v) is 14.8. The second-order valence-electron chi connectivity index (χ2n) is 10.1. The van der Waals surface area contributed by atoms with E-state index in [0.29, 0.717) is 54.2 Å². The number of rotatable bonds is 13. The number of aromatic nitrogens is 5. The lowest BCUT2D eigenvalue weighted by Crippen LogP contribution is -2.38. The summed E-state index contributed by atoms with van der Waals surface area (Å²) >= 11 is 1.55. The number of nitrogens with one attached hydrogen (secondary N) is 2. The van der Waals surface area contributed by atoms with Gasteiger partial charge in [0.05, 0.1) is 18.1 Å². The van der Waals surface area contributed by atoms with Crippen LogP contribution in [0.25, 0.3) is 11.2 Å². The van der Waals surface area contributed by atoms with Crippen molar-refractivity contribution in [2.24, 2.45) is 5.92 Å². The average molecular weight is 556 g/mol. The predicted molar refractivity (Wildman–Crippen MR) is 149 cm³/mol. The third kappa shape index (κ3) is 6.19. The molecular weight excluding hydrogens is 518 g/mol. The van der Waals surface area contributed by atoms with Gasteiger partial charge >= 0.3 is 0 Å². The highest BCUT2D eigenvalue weighted by atomic mass is 32.2. The zero-order valence-electron chi connectivity index (χ0n) is 22.4. The summed E-state index contributed by atoms with van der Waals surface area (Å²) in [5.74, 6) is 0.825. The van der Waals surface area contributed by atoms with E-state index in [-0.39, 0.29) is 18.4 Å². The maximum absolute atomic E-state index is 12.8. The number of aliphatic hydroxyl groups excluding tert-OH is 2. The number of hydrogen-bond donors (Lipinski definition) is 4. The number of carbonyl (C=O) groups is 1. The van der Waals surface area contributed by atoms with Crippen molar-refractivity contribution in [2.45, 2.75) is 74.9 Å². The Hall–Kier alpha value is -2.80. The maximum Gasteiger partial charge on any atom is 0.225 e. The standard InChI is InChI=1S/C27H37N7O4S/c1-3-13-39-27-30-24(29-19-14-17(19)16-9-6-5-7-10-16)21-25(31-27)34(33-32-21)20-15-18(22(35)23(20)36)26(37)28-11-8-12-38-4-2/h5-7,9-10,17-20,22-23,35-36H,3-4,8,11-15H2,1-2H3,(H,28,37)(H,29,30,31). The minimum absolute atomic E-state index is 0.223. The van der Waals surface area contributed by atoms with Gasteiger partial charge in [0.15, 0.2) is 22.1 Å². The number of anilines is 1. The summed E-state index contributed by atoms with van der Waals surface area (Å²) in [5, 5.41) is 37.4. The van der Waals surface area contributed by atoms with Crippen molar-refractivity contribution in [2.75, 3.05) is 30.8 Å². The van der Waals surface area contributed by atoms with Crippen LogP contribution in [-0.4, -0.2) is 84.8 Å². The van der Waals surface area contributed by atoms with E-state index in [2.05, 4.69) is 52.1 Å². The molecule has 4 N–H and O–H groups in total. The number of nitrogens with zero attached hydrogens (tertiary/aromatic N) is 5. The van der Waals surface area contributed by atoms with Gasteiger partial charge in [-0.05, 0) is 38.2 Å². The van der Waals surface area contributed by atoms with Crippen LogP contribution in [0, 0.1) is 5.92 Å². The second kappa shape index (κ2) is 12.6. The Kier molecular flexibility index (Phi) is 8.96. The molecule has 11 nitrogen and oxygen atoms in total. The monoisotopic (exact) mass is 555 g/mol. The van der Waals surface area contributed by atoms with E-state index in [1.165, 1.54) is 5.56 Å². The van der Waals surface area contributed by atoms with Gasteiger partial charge < -0.3 is 25.6 Å². The van der Waals surface area contributed by atoms with Gasteiger partial charge in [-0.25, -0.2) is 14.6 Å². The van der Waals surface area contributed by atoms with Gasteiger partial charge in [0, 0.05) is 37.5 Å². The van der Waals surface area contributed by atoms with Crippen LogP contribution in [0.4, 0.5) is 5.82 Å². The van der Waals surface area contributed by atoms with Gasteiger partial charge in [-0.1, -0.05) is 54.2 Å². The summed E-state index contributed by atoms with van der Waals surface area (Å²) in [5.41, 5.74) is 2.28. The van der Waals surface area contributed by atoms with Gasteiger partial charge in [-0.3, -0.25) is 4.79 Å². The summed E-state index contributed by atoms with van der Waals surface area (Å²) in [6.07, 6.45) is 0.474. The Labute approximate surface area is 232 Å². The molecule has 3 aromatic rings. The molecule has 0 spiro atoms. The largest absolute Gasteiger partial charge is 0.390 e. The van der Waals surface area contributed by atoms with Crippen LogP contribution in [0.15, 0.2) is 35.5 Å². The van der Waals surface area contributed by atoms with Gasteiger partial charge in [0.2, 0.25) is 5.91 Å². The summed E-state index contributed by atoms with van der Waals surface area (Å²) < 4.78 is 6.86. The molecule has 2 aliphatic carbocycles. The fourth-order valence-electron chi connectivity index (χ4n) is 5.16. The molecule has 0 radical (unpaired) electrons. The van der Waals surface area contributed by atoms with Crippen molar-refractivity contribution in [3.63, 3.8) is 0 Å². The molecule has 210 valence electrons. The van der Waals surface area contributed by atoms with Crippen molar-refractivity contribution in [1.29, 1.82) is 0 Å². The van der Waals surface area contributed by atoms with E-state index < -0.39 is 24.2 Å². The lowest BCUT2D eigenvalue weighted by molar-refractivity contribution is -0.128. The molecule has 2 saturated carbocycles. The van der Waals surface area contributed by atoms with Crippen molar-refractivity contribution >= 4 is 34.7 Å². The van der Waals surface area contributed by atoms with Crippen molar-refractivity contribution < 1.29 is 19.7 Å². The van der Waals surface area contributed by atoms with Crippen LogP contribution >= 0.6 is 11.8 Å². The SMILES string of the molecule is CCCSc1nc(NC2CC2c2ccccc2)c2nnn(C3CC(C(=O)NCCCOCC)C(O)C3O)c2n1. The van der Waals surface area contributed by atoms with Crippen molar-refractivity contribution in [3.05, 3.63) is 35.9 Å². The number of hydrogen-bond acceptors (Lipinski definition) is 10. The molecule has 5 rings (SSSR count). The Balaban J connectivity index is 1.35. The summed E-state index contributed by atoms with van der Waals surface area (Å²) in [4.78, 5) is 22.3. The molecule has 2 aliphatic rings. The smallest absolute Gasteiger partial charge is 0.225 e. The summed E-state index contributed by atoms with van der Waals surface area (Å²) in [6, 6.07) is 9.98. The van der Waals surface area contributed by atoms with Crippen LogP contribution < -0.4 is 10.6 Å². The normalized spacial score (nSPS) is 26.2. The van der Waals surface area contributed by atoms with Crippen LogP contribution in [0.3, 0.4) is 0 Å². The van der Waals surface area contributed by atoms with E-state index >= 15 is 0 Å². The number of aliphatic hydroxyl groups is 2. The van der Waals surface area contributed by atoms with E-state index in [9.17, 15) is 15.0 Å². The molecule has 1 amide bonds. The number of carbonyl (C=O) groups excluding carboxylic acids is 1. The topological polar surface area (TPSA) is 147 Å². The number of thioether (sulfide) groups is 1. The average Bonchev–Trinajstić information content (AvgIpc) is 3.49. The van der Waals surface area contributed by atoms with Gasteiger partial charge in [-0.15, -0.1) is 5.10 Å². The summed E-state index contributed by atoms with van der Waals surface area (Å²) in [7, 11) is 0. The van der Waals surface area contributed by atoms with Gasteiger partial charge in [0.25, 0.3) is 0 Å². The van der Waals surface area contributed by atoms with Crippen molar-refractivity contribution in [3.8, 4) is 0 Å². The molecule has 6 atom stereocenters. The maximum atomic E-state index is 12.8. The predicted octanol–water partition coefficient (Wildman–Crippen LogP) is 2.52. The fourth-order valence-corrected chi connectivity index (χ4v) is 5.86. The highest BCUT2D eigenvalue weighted by Gasteiger charge is 2.47. The van der Waals surface area contributed by atoms with Crippen LogP contribution in [0.2, 0.25) is 0 Å². The molecule has 2 heterocycles. The molecule has 0 bridgehead atoms. The first-order valence-electron chi connectivity index (χ1n) is 13.8. The quantitative estimate of drug-likeness (QED) is 0.141. The van der Waals surface area contributed by atoms with Gasteiger partial charge in [-0.2, -0.15) is 0 Å². The Morgan fingerprint density at radius 3 is 2.74 bits per heavy atom. The third-order valence-electron chi connectivity index (χ3n) is 7.35. The Morgan fingerprint density at radius 2 is 1.97 bits per heavy atom. The van der Waals surface area contributed by atoms with Crippen molar-refractivity contribution in [1.82, 2.24) is 30.3 Å². The zero-order chi connectivity index (χ0) is 27.4. The van der Waals surface area contributed by atoms with E-state index in [1.54, 1.807) is 16.4 Å². The Morgan fingerprint density at radius 1 is 1.15 bits per heavy atom. The van der Waals surface area contributed by atoms with Gasteiger partial charge in [0.1, 0.15) is 6.10 Å². The minimum atomic E-state index is -1.22. The van der Waals surface area contributed by atoms with E-state index in [0.717, 1.165) is 18.6 Å². The van der Waals surface area contributed by atoms with E-state index in [1.807, 2.05) is 13.0 Å².